The van der Waals surface area contributed by atoms with Crippen molar-refractivity contribution in [1.29, 1.82) is 0 Å². The number of amides is 2. The summed E-state index contributed by atoms with van der Waals surface area (Å²) in [7, 11) is 0. The Labute approximate surface area is 195 Å². The van der Waals surface area contributed by atoms with Crippen LogP contribution in [0.3, 0.4) is 0 Å². The van der Waals surface area contributed by atoms with Gasteiger partial charge < -0.3 is 15.5 Å². The molecule has 2 aromatic carbocycles. The van der Waals surface area contributed by atoms with Crippen LogP contribution in [-0.4, -0.2) is 39.7 Å². The first-order valence-corrected chi connectivity index (χ1v) is 10.9. The molecule has 0 saturated carbocycles. The third-order valence-corrected chi connectivity index (χ3v) is 4.79. The van der Waals surface area contributed by atoms with Crippen molar-refractivity contribution < 1.29 is 18.0 Å². The number of aromatic amines is 1. The predicted molar refractivity (Wildman–Crippen MR) is 124 cm³/mol. The van der Waals surface area contributed by atoms with E-state index in [9.17, 15) is 13.6 Å². The fraction of sp³-hybridized carbons (Fsp3) is 0.391. The van der Waals surface area contributed by atoms with E-state index in [1.165, 1.54) is 6.07 Å². The zero-order chi connectivity index (χ0) is 24.8. The largest absolute Gasteiger partial charge is 0.367 e. The first kappa shape index (κ1) is 25.0. The zero-order valence-corrected chi connectivity index (χ0v) is 19.5. The number of carbonyl (C=O) groups is 1. The number of hydrogen-bond donors (Lipinski definition) is 3. The van der Waals surface area contributed by atoms with E-state index in [4.69, 9.17) is 0 Å². The van der Waals surface area contributed by atoms with Crippen molar-refractivity contribution in [3.8, 4) is 0 Å². The molecule has 34 heavy (non-hydrogen) atoms. The van der Waals surface area contributed by atoms with Gasteiger partial charge in [-0.05, 0) is 41.7 Å². The number of carbonyl (C=O) groups excluding carboxylic acids is 1. The number of anilines is 3. The quantitative estimate of drug-likeness (QED) is 0.406. The van der Waals surface area contributed by atoms with Crippen LogP contribution in [0.4, 0.5) is 35.0 Å². The van der Waals surface area contributed by atoms with Crippen LogP contribution in [0, 0.1) is 29.3 Å². The number of nitrogens with one attached hydrogen (secondary N) is 3. The van der Waals surface area contributed by atoms with E-state index in [2.05, 4.69) is 31.3 Å². The number of nitrogens with zero attached hydrogens (tertiary/aromatic N) is 4. The molecule has 3 rings (SSSR count). The highest BCUT2D eigenvalue weighted by Gasteiger charge is 2.22. The minimum atomic E-state index is -0.923. The topological polar surface area (TPSA) is 98.8 Å². The van der Waals surface area contributed by atoms with Gasteiger partial charge in [0.15, 0.2) is 5.82 Å². The van der Waals surface area contributed by atoms with Crippen molar-refractivity contribution in [2.75, 3.05) is 28.6 Å². The van der Waals surface area contributed by atoms with E-state index in [1.807, 2.05) is 32.6 Å². The maximum absolute atomic E-state index is 15.5. The molecule has 0 radical (unpaired) electrons. The molecule has 11 heteroatoms. The molecule has 1 aromatic heterocycles. The molecule has 0 aliphatic carbocycles. The first-order chi connectivity index (χ1) is 16.1. The van der Waals surface area contributed by atoms with Gasteiger partial charge in [-0.1, -0.05) is 32.9 Å². The molecule has 2 amide bonds. The molecular formula is C23H28F3N7O. The van der Waals surface area contributed by atoms with Gasteiger partial charge in [-0.25, -0.2) is 18.0 Å². The summed E-state index contributed by atoms with van der Waals surface area (Å²) in [6.45, 7) is 9.20. The zero-order valence-electron chi connectivity index (χ0n) is 19.5. The SMILES string of the molecule is CC(C)CN(CC(C)C)c1c(F)cc(Cc2nn[nH]n2)cc1NC(=O)Nc1ccc(F)cc1F. The molecule has 0 unspecified atom stereocenters. The number of hydrogen-bond acceptors (Lipinski definition) is 5. The second kappa shape index (κ2) is 11.0. The van der Waals surface area contributed by atoms with Crippen LogP contribution in [0.5, 0.6) is 0 Å². The fourth-order valence-electron chi connectivity index (χ4n) is 3.62. The predicted octanol–water partition coefficient (Wildman–Crippen LogP) is 4.97. The molecule has 8 nitrogen and oxygen atoms in total. The van der Waals surface area contributed by atoms with E-state index in [0.29, 0.717) is 30.5 Å². The Balaban J connectivity index is 1.97. The fourth-order valence-corrected chi connectivity index (χ4v) is 3.62. The molecule has 1 heterocycles. The van der Waals surface area contributed by atoms with E-state index in [0.717, 1.165) is 12.1 Å². The second-order valence-electron chi connectivity index (χ2n) is 8.87. The molecule has 0 spiro atoms. The Morgan fingerprint density at radius 2 is 1.65 bits per heavy atom. The van der Waals surface area contributed by atoms with Crippen molar-refractivity contribution in [1.82, 2.24) is 20.6 Å². The van der Waals surface area contributed by atoms with Crippen LogP contribution in [0.25, 0.3) is 0 Å². The molecule has 182 valence electrons. The van der Waals surface area contributed by atoms with Gasteiger partial charge in [-0.3, -0.25) is 0 Å². The number of urea groups is 1. The Morgan fingerprint density at radius 1 is 0.971 bits per heavy atom. The summed E-state index contributed by atoms with van der Waals surface area (Å²) in [6.07, 6.45) is 0.185. The molecule has 0 aliphatic rings. The molecule has 0 fully saturated rings. The van der Waals surface area contributed by atoms with Crippen molar-refractivity contribution in [2.24, 2.45) is 11.8 Å². The van der Waals surface area contributed by atoms with E-state index < -0.39 is 23.5 Å². The minimum absolute atomic E-state index is 0.185. The van der Waals surface area contributed by atoms with Crippen LogP contribution in [0.1, 0.15) is 39.1 Å². The summed E-state index contributed by atoms with van der Waals surface area (Å²) in [6, 6.07) is 5.02. The third kappa shape index (κ3) is 6.69. The number of halogens is 3. The monoisotopic (exact) mass is 475 g/mol. The normalized spacial score (nSPS) is 11.2. The Bertz CT molecular complexity index is 1110. The van der Waals surface area contributed by atoms with Gasteiger partial charge in [0.2, 0.25) is 0 Å². The number of benzene rings is 2. The lowest BCUT2D eigenvalue weighted by molar-refractivity contribution is 0.262. The molecule has 3 N–H and O–H groups in total. The molecule has 0 saturated heterocycles. The van der Waals surface area contributed by atoms with Crippen molar-refractivity contribution >= 4 is 23.1 Å². The van der Waals surface area contributed by atoms with E-state index in [-0.39, 0.29) is 35.3 Å². The molecule has 0 bridgehead atoms. The molecular weight excluding hydrogens is 447 g/mol. The highest BCUT2D eigenvalue weighted by atomic mass is 19.1. The second-order valence-corrected chi connectivity index (χ2v) is 8.87. The summed E-state index contributed by atoms with van der Waals surface area (Å²) < 4.78 is 42.7. The minimum Gasteiger partial charge on any atom is -0.367 e. The number of rotatable bonds is 9. The number of tetrazole rings is 1. The maximum atomic E-state index is 15.5. The summed E-state index contributed by atoms with van der Waals surface area (Å²) in [5.41, 5.74) is 0.749. The summed E-state index contributed by atoms with van der Waals surface area (Å²) in [4.78, 5) is 14.6. The summed E-state index contributed by atoms with van der Waals surface area (Å²) in [5, 5.41) is 18.6. The molecule has 0 atom stereocenters. The van der Waals surface area contributed by atoms with Crippen molar-refractivity contribution in [2.45, 2.75) is 34.1 Å². The van der Waals surface area contributed by atoms with Crippen LogP contribution < -0.4 is 15.5 Å². The van der Waals surface area contributed by atoms with Crippen molar-refractivity contribution in [3.05, 3.63) is 59.2 Å². The van der Waals surface area contributed by atoms with Gasteiger partial charge >= 0.3 is 6.03 Å². The van der Waals surface area contributed by atoms with Gasteiger partial charge in [0.25, 0.3) is 0 Å². The van der Waals surface area contributed by atoms with Crippen molar-refractivity contribution in [3.63, 3.8) is 0 Å². The first-order valence-electron chi connectivity index (χ1n) is 10.9. The van der Waals surface area contributed by atoms with Gasteiger partial charge in [-0.15, -0.1) is 10.2 Å². The molecule has 0 aliphatic heterocycles. The lowest BCUT2D eigenvalue weighted by Crippen LogP contribution is -2.33. The maximum Gasteiger partial charge on any atom is 0.323 e. The van der Waals surface area contributed by atoms with E-state index in [1.54, 1.807) is 6.07 Å². The highest BCUT2D eigenvalue weighted by molar-refractivity contribution is 6.02. The number of H-pyrrole nitrogens is 1. The summed E-state index contributed by atoms with van der Waals surface area (Å²) in [5.74, 6) is -1.39. The third-order valence-electron chi connectivity index (χ3n) is 4.79. The van der Waals surface area contributed by atoms with Gasteiger partial charge in [0, 0.05) is 25.6 Å². The highest BCUT2D eigenvalue weighted by Crippen LogP contribution is 2.33. The van der Waals surface area contributed by atoms with Gasteiger partial charge in [-0.2, -0.15) is 5.21 Å². The van der Waals surface area contributed by atoms with Gasteiger partial charge in [0.1, 0.15) is 17.5 Å². The average Bonchev–Trinajstić information content (AvgIpc) is 3.21. The van der Waals surface area contributed by atoms with Crippen LogP contribution >= 0.6 is 0 Å². The van der Waals surface area contributed by atoms with Gasteiger partial charge in [0.05, 0.1) is 17.1 Å². The summed E-state index contributed by atoms with van der Waals surface area (Å²) >= 11 is 0. The number of aromatic nitrogens is 4. The van der Waals surface area contributed by atoms with Crippen LogP contribution in [-0.2, 0) is 6.42 Å². The lowest BCUT2D eigenvalue weighted by atomic mass is 10.1. The van der Waals surface area contributed by atoms with Crippen LogP contribution in [0.15, 0.2) is 30.3 Å². The smallest absolute Gasteiger partial charge is 0.323 e. The standard InChI is InChI=1S/C23H28F3N7O/c1-13(2)11-33(12-14(3)4)22-18(26)7-15(9-21-29-31-32-30-21)8-20(22)28-23(34)27-19-6-5-16(24)10-17(19)25/h5-8,10,13-14H,9,11-12H2,1-4H3,(H2,27,28,34)(H,29,30,31,32). The van der Waals surface area contributed by atoms with Crippen LogP contribution in [0.2, 0.25) is 0 Å². The van der Waals surface area contributed by atoms with E-state index >= 15 is 4.39 Å². The molecule has 3 aromatic rings. The Hall–Kier alpha value is -3.63. The lowest BCUT2D eigenvalue weighted by Gasteiger charge is -2.31. The Kier molecular flexibility index (Phi) is 8.08. The average molecular weight is 476 g/mol. The Morgan fingerprint density at radius 3 is 2.24 bits per heavy atom.